The van der Waals surface area contributed by atoms with Crippen LogP contribution in [0, 0.1) is 0 Å². The molecule has 6 heteroatoms. The third-order valence-corrected chi connectivity index (χ3v) is 3.00. The Morgan fingerprint density at radius 3 is 2.53 bits per heavy atom. The van der Waals surface area contributed by atoms with Gasteiger partial charge in [-0.05, 0) is 19.1 Å². The molecule has 0 radical (unpaired) electrons. The van der Waals surface area contributed by atoms with E-state index in [9.17, 15) is 9.59 Å². The van der Waals surface area contributed by atoms with Crippen molar-refractivity contribution in [1.82, 2.24) is 10.6 Å². The monoisotopic (exact) mass is 274 g/mol. The van der Waals surface area contributed by atoms with Crippen molar-refractivity contribution in [2.45, 2.75) is 13.0 Å². The van der Waals surface area contributed by atoms with E-state index in [1.807, 2.05) is 0 Å². The van der Waals surface area contributed by atoms with Gasteiger partial charge in [0.25, 0.3) is 5.91 Å². The second kappa shape index (κ2) is 5.89. The molecule has 0 aliphatic heterocycles. The molecule has 0 aliphatic rings. The summed E-state index contributed by atoms with van der Waals surface area (Å²) < 4.78 is 0. The van der Waals surface area contributed by atoms with E-state index in [2.05, 4.69) is 10.6 Å². The molecule has 1 aromatic rings. The molecule has 0 spiro atoms. The molecule has 1 atom stereocenters. The molecule has 17 heavy (non-hydrogen) atoms. The number of hydrogen-bond donors (Lipinski definition) is 2. The summed E-state index contributed by atoms with van der Waals surface area (Å²) in [4.78, 5) is 23.1. The number of benzene rings is 1. The Balaban J connectivity index is 2.84. The highest BCUT2D eigenvalue weighted by Gasteiger charge is 2.17. The standard InChI is InChI=1S/C11H12Cl2N2O2/c1-6(10(16)14-2)15-11(17)7-4-3-5-8(12)9(7)13/h3-6H,1-2H3,(H,14,16)(H,15,17)/t6-/m0/s1. The lowest BCUT2D eigenvalue weighted by atomic mass is 10.2. The van der Waals surface area contributed by atoms with Gasteiger partial charge in [0.15, 0.2) is 0 Å². The topological polar surface area (TPSA) is 58.2 Å². The first-order valence-electron chi connectivity index (χ1n) is 4.93. The minimum atomic E-state index is -0.637. The molecule has 2 amide bonds. The molecule has 0 fully saturated rings. The number of amides is 2. The summed E-state index contributed by atoms with van der Waals surface area (Å²) >= 11 is 11.7. The minimum Gasteiger partial charge on any atom is -0.357 e. The van der Waals surface area contributed by atoms with Gasteiger partial charge in [-0.15, -0.1) is 0 Å². The quantitative estimate of drug-likeness (QED) is 0.884. The maximum atomic E-state index is 11.8. The summed E-state index contributed by atoms with van der Waals surface area (Å²) in [7, 11) is 1.50. The Hall–Kier alpha value is -1.26. The van der Waals surface area contributed by atoms with Crippen molar-refractivity contribution in [3.63, 3.8) is 0 Å². The van der Waals surface area contributed by atoms with Gasteiger partial charge in [-0.2, -0.15) is 0 Å². The SMILES string of the molecule is CNC(=O)[C@H](C)NC(=O)c1cccc(Cl)c1Cl. The van der Waals surface area contributed by atoms with Crippen molar-refractivity contribution in [3.05, 3.63) is 33.8 Å². The lowest BCUT2D eigenvalue weighted by Gasteiger charge is -2.13. The van der Waals surface area contributed by atoms with Gasteiger partial charge in [0.05, 0.1) is 15.6 Å². The smallest absolute Gasteiger partial charge is 0.253 e. The normalized spacial score (nSPS) is 11.8. The summed E-state index contributed by atoms with van der Waals surface area (Å²) in [5.74, 6) is -0.717. The van der Waals surface area contributed by atoms with Gasteiger partial charge in [-0.25, -0.2) is 0 Å². The second-order valence-electron chi connectivity index (χ2n) is 3.41. The molecule has 2 N–H and O–H groups in total. The van der Waals surface area contributed by atoms with Gasteiger partial charge in [-0.3, -0.25) is 9.59 Å². The van der Waals surface area contributed by atoms with Gasteiger partial charge in [0, 0.05) is 7.05 Å². The number of hydrogen-bond acceptors (Lipinski definition) is 2. The van der Waals surface area contributed by atoms with E-state index >= 15 is 0 Å². The number of carbonyl (C=O) groups is 2. The zero-order valence-electron chi connectivity index (χ0n) is 9.38. The average molecular weight is 275 g/mol. The number of rotatable bonds is 3. The largest absolute Gasteiger partial charge is 0.357 e. The molecular formula is C11H12Cl2N2O2. The van der Waals surface area contributed by atoms with Crippen LogP contribution in [0.5, 0.6) is 0 Å². The number of carbonyl (C=O) groups excluding carboxylic acids is 2. The predicted molar refractivity (Wildman–Crippen MR) is 67.5 cm³/mol. The van der Waals surface area contributed by atoms with E-state index in [1.54, 1.807) is 25.1 Å². The molecule has 0 saturated carbocycles. The van der Waals surface area contributed by atoms with Gasteiger partial charge in [0.2, 0.25) is 5.91 Å². The Bertz CT molecular complexity index is 449. The summed E-state index contributed by atoms with van der Waals surface area (Å²) in [6.45, 7) is 1.58. The van der Waals surface area contributed by atoms with Crippen LogP contribution in [-0.4, -0.2) is 24.9 Å². The molecule has 0 bridgehead atoms. The molecule has 1 rings (SSSR count). The van der Waals surface area contributed by atoms with E-state index in [-0.39, 0.29) is 16.5 Å². The Morgan fingerprint density at radius 2 is 1.94 bits per heavy atom. The molecular weight excluding hydrogens is 263 g/mol. The Kier molecular flexibility index (Phi) is 4.78. The van der Waals surface area contributed by atoms with Gasteiger partial charge < -0.3 is 10.6 Å². The number of nitrogens with one attached hydrogen (secondary N) is 2. The van der Waals surface area contributed by atoms with E-state index in [4.69, 9.17) is 23.2 Å². The Morgan fingerprint density at radius 1 is 1.29 bits per heavy atom. The number of halogens is 2. The maximum absolute atomic E-state index is 11.8. The molecule has 0 aromatic heterocycles. The first-order chi connectivity index (χ1) is 7.97. The fourth-order valence-electron chi connectivity index (χ4n) is 1.24. The van der Waals surface area contributed by atoms with Crippen molar-refractivity contribution < 1.29 is 9.59 Å². The predicted octanol–water partition coefficient (Wildman–Crippen LogP) is 1.86. The lowest BCUT2D eigenvalue weighted by Crippen LogP contribution is -2.43. The fourth-order valence-corrected chi connectivity index (χ4v) is 1.62. The van der Waals surface area contributed by atoms with E-state index in [0.717, 1.165) is 0 Å². The highest BCUT2D eigenvalue weighted by Crippen LogP contribution is 2.25. The average Bonchev–Trinajstić information content (AvgIpc) is 2.31. The zero-order valence-corrected chi connectivity index (χ0v) is 10.9. The van der Waals surface area contributed by atoms with Crippen molar-refractivity contribution in [2.75, 3.05) is 7.05 Å². The lowest BCUT2D eigenvalue weighted by molar-refractivity contribution is -0.122. The van der Waals surface area contributed by atoms with Crippen LogP contribution in [0.25, 0.3) is 0 Å². The molecule has 0 unspecified atom stereocenters. The van der Waals surface area contributed by atoms with Crippen LogP contribution in [0.4, 0.5) is 0 Å². The molecule has 0 heterocycles. The van der Waals surface area contributed by atoms with Crippen LogP contribution in [0.1, 0.15) is 17.3 Å². The van der Waals surface area contributed by atoms with E-state index in [0.29, 0.717) is 5.02 Å². The number of likely N-dealkylation sites (N-methyl/N-ethyl adjacent to an activating group) is 1. The van der Waals surface area contributed by atoms with Crippen molar-refractivity contribution >= 4 is 35.0 Å². The van der Waals surface area contributed by atoms with Crippen LogP contribution in [0.2, 0.25) is 10.0 Å². The Labute approximate surface area is 109 Å². The van der Waals surface area contributed by atoms with Gasteiger partial charge in [0.1, 0.15) is 6.04 Å². The molecule has 0 saturated heterocycles. The van der Waals surface area contributed by atoms with Crippen LogP contribution < -0.4 is 10.6 Å². The van der Waals surface area contributed by atoms with Crippen molar-refractivity contribution in [1.29, 1.82) is 0 Å². The van der Waals surface area contributed by atoms with Gasteiger partial charge in [-0.1, -0.05) is 29.3 Å². The summed E-state index contributed by atoms with van der Waals surface area (Å²) in [6, 6.07) is 4.11. The molecule has 4 nitrogen and oxygen atoms in total. The summed E-state index contributed by atoms with van der Waals surface area (Å²) in [5, 5.41) is 5.43. The van der Waals surface area contributed by atoms with Crippen molar-refractivity contribution in [2.24, 2.45) is 0 Å². The second-order valence-corrected chi connectivity index (χ2v) is 4.20. The van der Waals surface area contributed by atoms with E-state index in [1.165, 1.54) is 7.05 Å². The summed E-state index contributed by atoms with van der Waals surface area (Å²) in [5.41, 5.74) is 0.245. The maximum Gasteiger partial charge on any atom is 0.253 e. The van der Waals surface area contributed by atoms with Crippen LogP contribution >= 0.6 is 23.2 Å². The molecule has 1 aromatic carbocycles. The first kappa shape index (κ1) is 13.8. The van der Waals surface area contributed by atoms with Crippen molar-refractivity contribution in [3.8, 4) is 0 Å². The zero-order chi connectivity index (χ0) is 13.0. The highest BCUT2D eigenvalue weighted by atomic mass is 35.5. The first-order valence-corrected chi connectivity index (χ1v) is 5.69. The third kappa shape index (κ3) is 3.35. The molecule has 0 aliphatic carbocycles. The van der Waals surface area contributed by atoms with Crippen LogP contribution in [-0.2, 0) is 4.79 Å². The minimum absolute atomic E-state index is 0.177. The van der Waals surface area contributed by atoms with Gasteiger partial charge >= 0.3 is 0 Å². The summed E-state index contributed by atoms with van der Waals surface area (Å²) in [6.07, 6.45) is 0. The van der Waals surface area contributed by atoms with Crippen LogP contribution in [0.15, 0.2) is 18.2 Å². The molecule has 92 valence electrons. The highest BCUT2D eigenvalue weighted by molar-refractivity contribution is 6.43. The third-order valence-electron chi connectivity index (χ3n) is 2.18. The van der Waals surface area contributed by atoms with E-state index < -0.39 is 11.9 Å². The van der Waals surface area contributed by atoms with Crippen LogP contribution in [0.3, 0.4) is 0 Å². The fraction of sp³-hybridized carbons (Fsp3) is 0.273.